The van der Waals surface area contributed by atoms with Gasteiger partial charge in [0, 0.05) is 38.1 Å². The molecule has 0 spiro atoms. The van der Waals surface area contributed by atoms with Crippen LogP contribution in [0.2, 0.25) is 0 Å². The zero-order valence-electron chi connectivity index (χ0n) is 17.2. The maximum Gasteiger partial charge on any atom is 0.320 e. The number of nitrogens with two attached hydrogens (primary N) is 1. The lowest BCUT2D eigenvalue weighted by molar-refractivity contribution is -0.117. The molecule has 0 aliphatic carbocycles. The fraction of sp³-hybridized carbons (Fsp3) is 0.500. The first kappa shape index (κ1) is 20.6. The number of hydrogen-bond donors (Lipinski definition) is 2. The number of anilines is 2. The van der Waals surface area contributed by atoms with Crippen LogP contribution in [0, 0.1) is 0 Å². The SMILES string of the molecule is Nc1nc(OCCCO)nc2c1CC(=O)CN2Cc1cccc(CN2CCCC2)c1. The molecule has 0 bridgehead atoms. The Labute approximate surface area is 176 Å². The van der Waals surface area contributed by atoms with Crippen LogP contribution in [-0.2, 0) is 24.3 Å². The minimum Gasteiger partial charge on any atom is -0.463 e. The number of nitrogens with zero attached hydrogens (tertiary/aromatic N) is 4. The number of benzene rings is 1. The summed E-state index contributed by atoms with van der Waals surface area (Å²) in [6, 6.07) is 8.70. The summed E-state index contributed by atoms with van der Waals surface area (Å²) >= 11 is 0. The van der Waals surface area contributed by atoms with E-state index < -0.39 is 0 Å². The van der Waals surface area contributed by atoms with Crippen LogP contribution in [0.4, 0.5) is 11.6 Å². The standard InChI is InChI=1S/C22H29N5O3/c23-20-19-12-18(29)15-27(21(19)25-22(24-20)30-10-4-9-28)14-17-6-3-5-16(11-17)13-26-7-1-2-8-26/h3,5-6,11,28H,1-2,4,7-10,12-15H2,(H2,23,24,25). The first-order valence-corrected chi connectivity index (χ1v) is 10.6. The second-order valence-corrected chi connectivity index (χ2v) is 7.99. The summed E-state index contributed by atoms with van der Waals surface area (Å²) in [5, 5.41) is 8.94. The number of carbonyl (C=O) groups is 1. The monoisotopic (exact) mass is 411 g/mol. The van der Waals surface area contributed by atoms with E-state index in [-0.39, 0.29) is 37.2 Å². The predicted molar refractivity (Wildman–Crippen MR) is 114 cm³/mol. The third kappa shape index (κ3) is 4.88. The van der Waals surface area contributed by atoms with E-state index in [1.54, 1.807) is 0 Å². The zero-order chi connectivity index (χ0) is 20.9. The van der Waals surface area contributed by atoms with Gasteiger partial charge in [0.05, 0.1) is 13.2 Å². The van der Waals surface area contributed by atoms with Crippen molar-refractivity contribution in [3.8, 4) is 6.01 Å². The van der Waals surface area contributed by atoms with Gasteiger partial charge in [-0.3, -0.25) is 9.69 Å². The number of carbonyl (C=O) groups excluding carboxylic acids is 1. The van der Waals surface area contributed by atoms with Crippen molar-refractivity contribution in [1.82, 2.24) is 14.9 Å². The molecular formula is C22H29N5O3. The molecule has 1 aromatic heterocycles. The van der Waals surface area contributed by atoms with Crippen LogP contribution in [-0.4, -0.2) is 58.6 Å². The molecule has 30 heavy (non-hydrogen) atoms. The van der Waals surface area contributed by atoms with Gasteiger partial charge < -0.3 is 20.5 Å². The Hall–Kier alpha value is -2.71. The van der Waals surface area contributed by atoms with E-state index in [1.165, 1.54) is 18.4 Å². The van der Waals surface area contributed by atoms with E-state index in [1.807, 2.05) is 4.90 Å². The second kappa shape index (κ2) is 9.40. The van der Waals surface area contributed by atoms with Gasteiger partial charge in [-0.1, -0.05) is 24.3 Å². The number of rotatable bonds is 8. The number of fused-ring (bicyclic) bond motifs is 1. The predicted octanol–water partition coefficient (Wildman–Crippen LogP) is 1.55. The van der Waals surface area contributed by atoms with Crippen LogP contribution in [0.1, 0.15) is 36.0 Å². The normalized spacial score (nSPS) is 16.7. The fourth-order valence-corrected chi connectivity index (χ4v) is 4.11. The van der Waals surface area contributed by atoms with Crippen molar-refractivity contribution in [3.05, 3.63) is 41.0 Å². The lowest BCUT2D eigenvalue weighted by Crippen LogP contribution is -2.36. The summed E-state index contributed by atoms with van der Waals surface area (Å²) in [6.45, 7) is 4.48. The molecule has 1 fully saturated rings. The third-order valence-corrected chi connectivity index (χ3v) is 5.54. The third-order valence-electron chi connectivity index (χ3n) is 5.54. The minimum absolute atomic E-state index is 0.0365. The molecule has 0 amide bonds. The van der Waals surface area contributed by atoms with Gasteiger partial charge >= 0.3 is 6.01 Å². The first-order chi connectivity index (χ1) is 14.6. The van der Waals surface area contributed by atoms with Gasteiger partial charge in [0.15, 0.2) is 5.78 Å². The number of ether oxygens (including phenoxy) is 1. The van der Waals surface area contributed by atoms with Crippen molar-refractivity contribution < 1.29 is 14.6 Å². The summed E-state index contributed by atoms with van der Waals surface area (Å²) in [6.07, 6.45) is 3.28. The highest BCUT2D eigenvalue weighted by molar-refractivity contribution is 5.91. The number of hydrogen-bond acceptors (Lipinski definition) is 8. The second-order valence-electron chi connectivity index (χ2n) is 7.99. The molecule has 2 aliphatic heterocycles. The van der Waals surface area contributed by atoms with Gasteiger partial charge in [0.1, 0.15) is 11.6 Å². The maximum atomic E-state index is 12.4. The first-order valence-electron chi connectivity index (χ1n) is 10.6. The Balaban J connectivity index is 1.54. The van der Waals surface area contributed by atoms with Gasteiger partial charge in [-0.2, -0.15) is 9.97 Å². The zero-order valence-corrected chi connectivity index (χ0v) is 17.2. The number of aromatic nitrogens is 2. The molecule has 1 saturated heterocycles. The average Bonchev–Trinajstić information content (AvgIpc) is 3.22. The molecule has 8 heteroatoms. The average molecular weight is 412 g/mol. The highest BCUT2D eigenvalue weighted by Gasteiger charge is 2.27. The highest BCUT2D eigenvalue weighted by Crippen LogP contribution is 2.30. The largest absolute Gasteiger partial charge is 0.463 e. The lowest BCUT2D eigenvalue weighted by atomic mass is 10.0. The maximum absolute atomic E-state index is 12.4. The van der Waals surface area contributed by atoms with Crippen molar-refractivity contribution in [2.45, 2.75) is 38.8 Å². The van der Waals surface area contributed by atoms with Crippen molar-refractivity contribution in [3.63, 3.8) is 0 Å². The summed E-state index contributed by atoms with van der Waals surface area (Å²) in [7, 11) is 0. The molecule has 2 aromatic rings. The number of nitrogen functional groups attached to an aromatic ring is 1. The molecule has 0 saturated carbocycles. The van der Waals surface area contributed by atoms with Gasteiger partial charge in [0.25, 0.3) is 0 Å². The van der Waals surface area contributed by atoms with Gasteiger partial charge in [-0.15, -0.1) is 0 Å². The van der Waals surface area contributed by atoms with Crippen molar-refractivity contribution in [1.29, 1.82) is 0 Å². The van der Waals surface area contributed by atoms with Crippen molar-refractivity contribution in [2.75, 3.05) is 43.5 Å². The van der Waals surface area contributed by atoms with E-state index in [0.717, 1.165) is 25.2 Å². The smallest absolute Gasteiger partial charge is 0.320 e. The Morgan fingerprint density at radius 3 is 2.67 bits per heavy atom. The lowest BCUT2D eigenvalue weighted by Gasteiger charge is -2.30. The molecule has 3 heterocycles. The van der Waals surface area contributed by atoms with Crippen LogP contribution >= 0.6 is 0 Å². The number of aliphatic hydroxyl groups is 1. The number of likely N-dealkylation sites (tertiary alicyclic amines) is 1. The van der Waals surface area contributed by atoms with Crippen LogP contribution in [0.25, 0.3) is 0 Å². The molecule has 0 radical (unpaired) electrons. The quantitative estimate of drug-likeness (QED) is 0.631. The van der Waals surface area contributed by atoms with E-state index in [2.05, 4.69) is 39.1 Å². The summed E-state index contributed by atoms with van der Waals surface area (Å²) in [4.78, 5) is 25.5. The molecule has 1 aromatic carbocycles. The number of ketones is 1. The molecule has 4 rings (SSSR count). The van der Waals surface area contributed by atoms with Crippen LogP contribution in [0.5, 0.6) is 6.01 Å². The van der Waals surface area contributed by atoms with Crippen LogP contribution in [0.3, 0.4) is 0 Å². The van der Waals surface area contributed by atoms with E-state index in [9.17, 15) is 4.79 Å². The molecule has 2 aliphatic rings. The van der Waals surface area contributed by atoms with Crippen molar-refractivity contribution in [2.24, 2.45) is 0 Å². The fourth-order valence-electron chi connectivity index (χ4n) is 4.11. The topological polar surface area (TPSA) is 105 Å². The summed E-state index contributed by atoms with van der Waals surface area (Å²) < 4.78 is 5.53. The minimum atomic E-state index is 0.0365. The summed E-state index contributed by atoms with van der Waals surface area (Å²) in [5.74, 6) is 1.03. The van der Waals surface area contributed by atoms with Crippen molar-refractivity contribution >= 4 is 17.4 Å². The van der Waals surface area contributed by atoms with Gasteiger partial charge in [0.2, 0.25) is 0 Å². The van der Waals surface area contributed by atoms with E-state index >= 15 is 0 Å². The van der Waals surface area contributed by atoms with Crippen LogP contribution < -0.4 is 15.4 Å². The molecule has 0 unspecified atom stereocenters. The highest BCUT2D eigenvalue weighted by atomic mass is 16.5. The summed E-state index contributed by atoms with van der Waals surface area (Å²) in [5.41, 5.74) is 9.19. The Morgan fingerprint density at radius 1 is 1.13 bits per heavy atom. The molecule has 3 N–H and O–H groups in total. The van der Waals surface area contributed by atoms with Gasteiger partial charge in [-0.25, -0.2) is 0 Å². The van der Waals surface area contributed by atoms with E-state index in [0.29, 0.717) is 31.0 Å². The van der Waals surface area contributed by atoms with Gasteiger partial charge in [-0.05, 0) is 37.1 Å². The number of aliphatic hydroxyl groups excluding tert-OH is 1. The Kier molecular flexibility index (Phi) is 6.44. The van der Waals surface area contributed by atoms with Crippen LogP contribution in [0.15, 0.2) is 24.3 Å². The number of Topliss-reactive ketones (excluding diaryl/α,β-unsaturated/α-hetero) is 1. The molecule has 160 valence electrons. The Bertz CT molecular complexity index is 898. The molecular weight excluding hydrogens is 382 g/mol. The van der Waals surface area contributed by atoms with E-state index in [4.69, 9.17) is 15.6 Å². The molecule has 0 atom stereocenters. The molecule has 8 nitrogen and oxygen atoms in total. The Morgan fingerprint density at radius 2 is 1.90 bits per heavy atom.